The highest BCUT2D eigenvalue weighted by molar-refractivity contribution is 9.10. The van der Waals surface area contributed by atoms with Crippen LogP contribution in [0.15, 0.2) is 28.9 Å². The van der Waals surface area contributed by atoms with Crippen molar-refractivity contribution in [3.63, 3.8) is 0 Å². The summed E-state index contributed by atoms with van der Waals surface area (Å²) in [5.74, 6) is 0. The van der Waals surface area contributed by atoms with Gasteiger partial charge < -0.3 is 5.32 Å². The average Bonchev–Trinajstić information content (AvgIpc) is 2.75. The van der Waals surface area contributed by atoms with E-state index >= 15 is 0 Å². The predicted octanol–water partition coefficient (Wildman–Crippen LogP) is 4.58. The molecule has 108 valence electrons. The number of aromatic nitrogens is 2. The second kappa shape index (κ2) is 6.94. The molecule has 0 aliphatic rings. The van der Waals surface area contributed by atoms with Crippen molar-refractivity contribution in [2.24, 2.45) is 7.05 Å². The number of rotatable bonds is 5. The number of benzene rings is 1. The summed E-state index contributed by atoms with van der Waals surface area (Å²) in [4.78, 5) is 0. The zero-order valence-corrected chi connectivity index (χ0v) is 14.4. The molecule has 0 bridgehead atoms. The van der Waals surface area contributed by atoms with E-state index in [9.17, 15) is 0 Å². The second-order valence-electron chi connectivity index (χ2n) is 4.56. The molecule has 1 atom stereocenters. The zero-order chi connectivity index (χ0) is 14.7. The molecular weight excluding hydrogens is 361 g/mol. The van der Waals surface area contributed by atoms with Crippen LogP contribution in [-0.2, 0) is 7.05 Å². The van der Waals surface area contributed by atoms with Crippen LogP contribution in [0.3, 0.4) is 0 Å². The van der Waals surface area contributed by atoms with E-state index in [1.807, 2.05) is 29.9 Å². The van der Waals surface area contributed by atoms with Crippen molar-refractivity contribution in [1.82, 2.24) is 15.1 Å². The van der Waals surface area contributed by atoms with Gasteiger partial charge in [-0.05, 0) is 46.6 Å². The molecular formula is C14H16BrCl2N3. The summed E-state index contributed by atoms with van der Waals surface area (Å²) in [6, 6.07) is 5.73. The summed E-state index contributed by atoms with van der Waals surface area (Å²) in [6.45, 7) is 3.04. The molecule has 0 saturated carbocycles. The van der Waals surface area contributed by atoms with E-state index in [0.29, 0.717) is 10.0 Å². The maximum absolute atomic E-state index is 6.14. The topological polar surface area (TPSA) is 29.9 Å². The van der Waals surface area contributed by atoms with Crippen LogP contribution in [0.25, 0.3) is 0 Å². The van der Waals surface area contributed by atoms with Crippen LogP contribution >= 0.6 is 39.1 Å². The molecule has 1 unspecified atom stereocenters. The Morgan fingerprint density at radius 2 is 2.10 bits per heavy atom. The van der Waals surface area contributed by atoms with E-state index in [1.165, 1.54) is 0 Å². The Labute approximate surface area is 137 Å². The number of hydrogen-bond acceptors (Lipinski definition) is 2. The molecule has 2 rings (SSSR count). The highest BCUT2D eigenvalue weighted by atomic mass is 79.9. The monoisotopic (exact) mass is 375 g/mol. The minimum Gasteiger partial charge on any atom is -0.305 e. The number of nitrogens with zero attached hydrogens (tertiary/aromatic N) is 2. The maximum atomic E-state index is 6.14. The van der Waals surface area contributed by atoms with Gasteiger partial charge in [-0.3, -0.25) is 4.68 Å². The Bertz CT molecular complexity index is 579. The standard InChI is InChI=1S/C14H16BrCl2N3/c1-3-6-18-13(14-10(15)8-19-20(14)2)9-4-5-11(16)12(17)7-9/h4-5,7-8,13,18H,3,6H2,1-2H3. The molecule has 2 aromatic rings. The molecule has 0 aliphatic heterocycles. The summed E-state index contributed by atoms with van der Waals surface area (Å²) in [6.07, 6.45) is 2.85. The van der Waals surface area contributed by atoms with Gasteiger partial charge in [0, 0.05) is 7.05 Å². The first kappa shape index (κ1) is 15.8. The van der Waals surface area contributed by atoms with Crippen molar-refractivity contribution in [2.75, 3.05) is 6.54 Å². The fourth-order valence-corrected chi connectivity index (χ4v) is 2.98. The lowest BCUT2D eigenvalue weighted by molar-refractivity contribution is 0.552. The minimum atomic E-state index is 0.0200. The Hall–Kier alpha value is -0.550. The smallest absolute Gasteiger partial charge is 0.0760 e. The molecule has 1 N–H and O–H groups in total. The molecule has 1 aromatic carbocycles. The molecule has 6 heteroatoms. The Kier molecular flexibility index (Phi) is 5.49. The minimum absolute atomic E-state index is 0.0200. The van der Waals surface area contributed by atoms with E-state index in [0.717, 1.165) is 28.7 Å². The third kappa shape index (κ3) is 3.37. The van der Waals surface area contributed by atoms with Crippen LogP contribution in [0.4, 0.5) is 0 Å². The van der Waals surface area contributed by atoms with Crippen molar-refractivity contribution in [1.29, 1.82) is 0 Å². The summed E-state index contributed by atoms with van der Waals surface area (Å²) in [5, 5.41) is 8.93. The maximum Gasteiger partial charge on any atom is 0.0760 e. The lowest BCUT2D eigenvalue weighted by Crippen LogP contribution is -2.25. The lowest BCUT2D eigenvalue weighted by atomic mass is 10.0. The highest BCUT2D eigenvalue weighted by Gasteiger charge is 2.20. The molecule has 1 aromatic heterocycles. The van der Waals surface area contributed by atoms with Crippen molar-refractivity contribution < 1.29 is 0 Å². The fourth-order valence-electron chi connectivity index (χ4n) is 2.10. The molecule has 0 aliphatic carbocycles. The first-order valence-electron chi connectivity index (χ1n) is 6.40. The van der Waals surface area contributed by atoms with Gasteiger partial charge in [-0.15, -0.1) is 0 Å². The number of aryl methyl sites for hydroxylation is 1. The van der Waals surface area contributed by atoms with Crippen LogP contribution in [-0.4, -0.2) is 16.3 Å². The van der Waals surface area contributed by atoms with Gasteiger partial charge in [-0.2, -0.15) is 5.10 Å². The molecule has 3 nitrogen and oxygen atoms in total. The van der Waals surface area contributed by atoms with Crippen LogP contribution < -0.4 is 5.32 Å². The van der Waals surface area contributed by atoms with Crippen LogP contribution in [0.2, 0.25) is 10.0 Å². The highest BCUT2D eigenvalue weighted by Crippen LogP contribution is 2.31. The average molecular weight is 377 g/mol. The van der Waals surface area contributed by atoms with Gasteiger partial charge in [0.05, 0.1) is 32.5 Å². The van der Waals surface area contributed by atoms with Gasteiger partial charge in [-0.25, -0.2) is 0 Å². The van der Waals surface area contributed by atoms with E-state index in [-0.39, 0.29) is 6.04 Å². The van der Waals surface area contributed by atoms with E-state index in [1.54, 1.807) is 6.20 Å². The summed E-state index contributed by atoms with van der Waals surface area (Å²) in [7, 11) is 1.93. The molecule has 0 spiro atoms. The van der Waals surface area contributed by atoms with Gasteiger partial charge in [0.2, 0.25) is 0 Å². The van der Waals surface area contributed by atoms with Crippen molar-refractivity contribution in [2.45, 2.75) is 19.4 Å². The summed E-state index contributed by atoms with van der Waals surface area (Å²) >= 11 is 15.7. The van der Waals surface area contributed by atoms with Gasteiger partial charge in [0.15, 0.2) is 0 Å². The van der Waals surface area contributed by atoms with Gasteiger partial charge in [0.25, 0.3) is 0 Å². The molecule has 0 fully saturated rings. The molecule has 0 saturated heterocycles. The number of nitrogens with one attached hydrogen (secondary N) is 1. The largest absolute Gasteiger partial charge is 0.305 e. The molecule has 20 heavy (non-hydrogen) atoms. The SMILES string of the molecule is CCCNC(c1ccc(Cl)c(Cl)c1)c1c(Br)cnn1C. The number of hydrogen-bond donors (Lipinski definition) is 1. The van der Waals surface area contributed by atoms with E-state index in [4.69, 9.17) is 23.2 Å². The molecule has 1 heterocycles. The molecule has 0 amide bonds. The van der Waals surface area contributed by atoms with Crippen molar-refractivity contribution >= 4 is 39.1 Å². The number of halogens is 3. The third-order valence-corrected chi connectivity index (χ3v) is 4.44. The van der Waals surface area contributed by atoms with Gasteiger partial charge in [0.1, 0.15) is 0 Å². The van der Waals surface area contributed by atoms with Crippen LogP contribution in [0.5, 0.6) is 0 Å². The first-order valence-corrected chi connectivity index (χ1v) is 7.95. The zero-order valence-electron chi connectivity index (χ0n) is 11.3. The summed E-state index contributed by atoms with van der Waals surface area (Å²) < 4.78 is 2.83. The van der Waals surface area contributed by atoms with Crippen LogP contribution in [0.1, 0.15) is 30.6 Å². The Morgan fingerprint density at radius 3 is 2.65 bits per heavy atom. The Balaban J connectivity index is 2.44. The molecule has 0 radical (unpaired) electrons. The van der Waals surface area contributed by atoms with E-state index in [2.05, 4.69) is 33.3 Å². The van der Waals surface area contributed by atoms with E-state index < -0.39 is 0 Å². The second-order valence-corrected chi connectivity index (χ2v) is 6.23. The fraction of sp³-hybridized carbons (Fsp3) is 0.357. The van der Waals surface area contributed by atoms with Crippen molar-refractivity contribution in [3.8, 4) is 0 Å². The third-order valence-electron chi connectivity index (χ3n) is 3.09. The lowest BCUT2D eigenvalue weighted by Gasteiger charge is -2.20. The quantitative estimate of drug-likeness (QED) is 0.827. The first-order chi connectivity index (χ1) is 9.54. The predicted molar refractivity (Wildman–Crippen MR) is 87.5 cm³/mol. The Morgan fingerprint density at radius 1 is 1.35 bits per heavy atom. The van der Waals surface area contributed by atoms with Crippen molar-refractivity contribution in [3.05, 3.63) is 50.2 Å². The van der Waals surface area contributed by atoms with Gasteiger partial charge in [-0.1, -0.05) is 36.2 Å². The summed E-state index contributed by atoms with van der Waals surface area (Å²) in [5.41, 5.74) is 2.13. The normalized spacial score (nSPS) is 12.7. The van der Waals surface area contributed by atoms with Crippen LogP contribution in [0, 0.1) is 0 Å². The van der Waals surface area contributed by atoms with Gasteiger partial charge >= 0.3 is 0 Å².